The zero-order valence-electron chi connectivity index (χ0n) is 14.6. The molecule has 2 heterocycles. The minimum absolute atomic E-state index is 0.00729. The van der Waals surface area contributed by atoms with Gasteiger partial charge in [-0.05, 0) is 49.6 Å². The van der Waals surface area contributed by atoms with Gasteiger partial charge in [-0.2, -0.15) is 5.10 Å². The van der Waals surface area contributed by atoms with Crippen LogP contribution in [0.4, 0.5) is 4.39 Å². The molecule has 1 saturated heterocycles. The van der Waals surface area contributed by atoms with Crippen molar-refractivity contribution in [2.45, 2.75) is 45.3 Å². The van der Waals surface area contributed by atoms with Crippen LogP contribution in [-0.2, 0) is 17.9 Å². The number of halogens is 1. The van der Waals surface area contributed by atoms with Gasteiger partial charge in [0.2, 0.25) is 5.91 Å². The molecule has 0 bridgehead atoms. The molecule has 1 aliphatic heterocycles. The Hall–Kier alpha value is -2.21. The number of piperidine rings is 1. The fraction of sp³-hybridized carbons (Fsp3) is 0.474. The number of nitrogens with zero attached hydrogens (tertiary/aromatic N) is 3. The molecule has 1 atom stereocenters. The zero-order valence-corrected chi connectivity index (χ0v) is 14.6. The molecule has 0 aliphatic carbocycles. The summed E-state index contributed by atoms with van der Waals surface area (Å²) in [6.07, 6.45) is 7.31. The van der Waals surface area contributed by atoms with E-state index in [-0.39, 0.29) is 11.7 Å². The van der Waals surface area contributed by atoms with Crippen LogP contribution < -0.4 is 5.32 Å². The number of amides is 1. The number of benzene rings is 1. The van der Waals surface area contributed by atoms with Gasteiger partial charge in [0.05, 0.1) is 19.3 Å². The van der Waals surface area contributed by atoms with Gasteiger partial charge in [0.15, 0.2) is 0 Å². The van der Waals surface area contributed by atoms with Gasteiger partial charge in [-0.15, -0.1) is 0 Å². The van der Waals surface area contributed by atoms with Crippen LogP contribution in [0.5, 0.6) is 0 Å². The summed E-state index contributed by atoms with van der Waals surface area (Å²) in [7, 11) is 0. The van der Waals surface area contributed by atoms with E-state index in [1.54, 1.807) is 12.1 Å². The molecule has 0 spiro atoms. The van der Waals surface area contributed by atoms with Crippen molar-refractivity contribution >= 4 is 5.91 Å². The quantitative estimate of drug-likeness (QED) is 0.876. The van der Waals surface area contributed by atoms with E-state index < -0.39 is 0 Å². The second-order valence-electron chi connectivity index (χ2n) is 6.76. The molecule has 1 N–H and O–H groups in total. The Morgan fingerprint density at radius 3 is 2.84 bits per heavy atom. The SMILES string of the molecule is Cc1cnn(C[C@@H]2CCCCN2CC(=O)NCc2ccc(F)cc2)c1. The summed E-state index contributed by atoms with van der Waals surface area (Å²) in [5.41, 5.74) is 2.05. The molecule has 5 nitrogen and oxygen atoms in total. The highest BCUT2D eigenvalue weighted by Crippen LogP contribution is 2.18. The van der Waals surface area contributed by atoms with E-state index in [4.69, 9.17) is 0 Å². The van der Waals surface area contributed by atoms with Crippen LogP contribution >= 0.6 is 0 Å². The molecule has 0 radical (unpaired) electrons. The topological polar surface area (TPSA) is 50.2 Å². The summed E-state index contributed by atoms with van der Waals surface area (Å²) in [5.74, 6) is -0.257. The number of carbonyl (C=O) groups is 1. The second-order valence-corrected chi connectivity index (χ2v) is 6.76. The van der Waals surface area contributed by atoms with Crippen LogP contribution in [0.25, 0.3) is 0 Å². The summed E-state index contributed by atoms with van der Waals surface area (Å²) in [6, 6.07) is 6.55. The van der Waals surface area contributed by atoms with Crippen LogP contribution in [0, 0.1) is 12.7 Å². The fourth-order valence-electron chi connectivity index (χ4n) is 3.30. The number of rotatable bonds is 6. The Balaban J connectivity index is 1.51. The maximum Gasteiger partial charge on any atom is 0.234 e. The molecule has 0 saturated carbocycles. The Morgan fingerprint density at radius 2 is 2.12 bits per heavy atom. The van der Waals surface area contributed by atoms with Crippen molar-refractivity contribution in [2.24, 2.45) is 0 Å². The molecule has 6 heteroatoms. The van der Waals surface area contributed by atoms with Crippen molar-refractivity contribution < 1.29 is 9.18 Å². The van der Waals surface area contributed by atoms with E-state index >= 15 is 0 Å². The van der Waals surface area contributed by atoms with E-state index in [0.717, 1.165) is 37.1 Å². The predicted molar refractivity (Wildman–Crippen MR) is 94.4 cm³/mol. The Bertz CT molecular complexity index is 698. The van der Waals surface area contributed by atoms with E-state index in [1.165, 1.54) is 18.6 Å². The van der Waals surface area contributed by atoms with E-state index in [1.807, 2.05) is 24.0 Å². The van der Waals surface area contributed by atoms with Crippen molar-refractivity contribution in [2.75, 3.05) is 13.1 Å². The van der Waals surface area contributed by atoms with Gasteiger partial charge < -0.3 is 5.32 Å². The average molecular weight is 344 g/mol. The normalized spacial score (nSPS) is 18.2. The molecular weight excluding hydrogens is 319 g/mol. The van der Waals surface area contributed by atoms with Gasteiger partial charge in [-0.3, -0.25) is 14.4 Å². The van der Waals surface area contributed by atoms with Gasteiger partial charge in [0.1, 0.15) is 5.82 Å². The summed E-state index contributed by atoms with van der Waals surface area (Å²) in [4.78, 5) is 14.6. The number of hydrogen-bond donors (Lipinski definition) is 1. The molecule has 0 unspecified atom stereocenters. The largest absolute Gasteiger partial charge is 0.351 e. The number of aromatic nitrogens is 2. The van der Waals surface area contributed by atoms with Crippen molar-refractivity contribution in [3.8, 4) is 0 Å². The Kier molecular flexibility index (Phi) is 5.81. The minimum atomic E-state index is -0.264. The van der Waals surface area contributed by atoms with Crippen LogP contribution in [-0.4, -0.2) is 39.7 Å². The first-order valence-electron chi connectivity index (χ1n) is 8.84. The molecule has 1 aliphatic rings. The predicted octanol–water partition coefficient (Wildman–Crippen LogP) is 2.50. The smallest absolute Gasteiger partial charge is 0.234 e. The highest BCUT2D eigenvalue weighted by molar-refractivity contribution is 5.78. The molecule has 1 fully saturated rings. The lowest BCUT2D eigenvalue weighted by atomic mass is 10.0. The number of carbonyl (C=O) groups excluding carboxylic acids is 1. The second kappa shape index (κ2) is 8.25. The summed E-state index contributed by atoms with van der Waals surface area (Å²) in [5, 5.41) is 7.29. The lowest BCUT2D eigenvalue weighted by molar-refractivity contribution is -0.123. The highest BCUT2D eigenvalue weighted by atomic mass is 19.1. The Morgan fingerprint density at radius 1 is 1.32 bits per heavy atom. The monoisotopic (exact) mass is 344 g/mol. The van der Waals surface area contributed by atoms with E-state index in [0.29, 0.717) is 19.1 Å². The molecular formula is C19H25FN4O. The third-order valence-corrected chi connectivity index (χ3v) is 4.66. The molecule has 3 rings (SSSR count). The number of nitrogens with one attached hydrogen (secondary N) is 1. The van der Waals surface area contributed by atoms with Crippen molar-refractivity contribution in [3.05, 3.63) is 53.6 Å². The first-order chi connectivity index (χ1) is 12.1. The van der Waals surface area contributed by atoms with Gasteiger partial charge >= 0.3 is 0 Å². The summed E-state index contributed by atoms with van der Waals surface area (Å²) < 4.78 is 14.9. The van der Waals surface area contributed by atoms with Crippen molar-refractivity contribution in [1.82, 2.24) is 20.0 Å². The van der Waals surface area contributed by atoms with Crippen molar-refractivity contribution in [3.63, 3.8) is 0 Å². The maximum atomic E-state index is 12.9. The molecule has 134 valence electrons. The summed E-state index contributed by atoms with van der Waals surface area (Å²) >= 11 is 0. The standard InChI is InChI=1S/C19H25FN4O/c1-15-10-22-24(12-15)13-18-4-2-3-9-23(18)14-19(25)21-11-16-5-7-17(20)8-6-16/h5-8,10,12,18H,2-4,9,11,13-14H2,1H3,(H,21,25)/t18-/m0/s1. The number of aryl methyl sites for hydroxylation is 1. The molecule has 2 aromatic rings. The molecule has 25 heavy (non-hydrogen) atoms. The third kappa shape index (κ3) is 5.13. The van der Waals surface area contributed by atoms with Crippen LogP contribution in [0.2, 0.25) is 0 Å². The molecule has 1 aromatic carbocycles. The molecule has 1 amide bonds. The van der Waals surface area contributed by atoms with E-state index in [2.05, 4.69) is 15.3 Å². The fourth-order valence-corrected chi connectivity index (χ4v) is 3.30. The highest BCUT2D eigenvalue weighted by Gasteiger charge is 2.24. The number of likely N-dealkylation sites (tertiary alicyclic amines) is 1. The van der Waals surface area contributed by atoms with Crippen LogP contribution in [0.1, 0.15) is 30.4 Å². The molecule has 1 aromatic heterocycles. The lowest BCUT2D eigenvalue weighted by Crippen LogP contribution is -2.47. The van der Waals surface area contributed by atoms with Gasteiger partial charge in [0.25, 0.3) is 0 Å². The average Bonchev–Trinajstić information content (AvgIpc) is 3.01. The third-order valence-electron chi connectivity index (χ3n) is 4.66. The lowest BCUT2D eigenvalue weighted by Gasteiger charge is -2.35. The first-order valence-corrected chi connectivity index (χ1v) is 8.84. The first kappa shape index (κ1) is 17.6. The zero-order chi connectivity index (χ0) is 17.6. The number of hydrogen-bond acceptors (Lipinski definition) is 3. The van der Waals surface area contributed by atoms with Gasteiger partial charge in [-0.25, -0.2) is 4.39 Å². The minimum Gasteiger partial charge on any atom is -0.351 e. The van der Waals surface area contributed by atoms with E-state index in [9.17, 15) is 9.18 Å². The Labute approximate surface area is 147 Å². The van der Waals surface area contributed by atoms with Gasteiger partial charge in [-0.1, -0.05) is 18.6 Å². The maximum absolute atomic E-state index is 12.9. The summed E-state index contributed by atoms with van der Waals surface area (Å²) in [6.45, 7) is 4.61. The van der Waals surface area contributed by atoms with Crippen LogP contribution in [0.15, 0.2) is 36.7 Å². The van der Waals surface area contributed by atoms with Crippen molar-refractivity contribution in [1.29, 1.82) is 0 Å². The van der Waals surface area contributed by atoms with Crippen LogP contribution in [0.3, 0.4) is 0 Å². The van der Waals surface area contributed by atoms with Gasteiger partial charge in [0, 0.05) is 18.8 Å².